The monoisotopic (exact) mass is 263 g/mol. The highest BCUT2D eigenvalue weighted by molar-refractivity contribution is 5.95. The Morgan fingerprint density at radius 2 is 2.16 bits per heavy atom. The quantitative estimate of drug-likeness (QED) is 0.646. The number of rotatable bonds is 4. The fourth-order valence-electron chi connectivity index (χ4n) is 1.39. The summed E-state index contributed by atoms with van der Waals surface area (Å²) in [7, 11) is 0. The van der Waals surface area contributed by atoms with E-state index in [1.165, 1.54) is 23.1 Å². The van der Waals surface area contributed by atoms with Crippen molar-refractivity contribution in [3.8, 4) is 5.75 Å². The highest BCUT2D eigenvalue weighted by Crippen LogP contribution is 2.21. The molecule has 0 aliphatic heterocycles. The van der Waals surface area contributed by atoms with Crippen molar-refractivity contribution in [3.05, 3.63) is 30.1 Å². The van der Waals surface area contributed by atoms with Crippen molar-refractivity contribution in [3.63, 3.8) is 0 Å². The molecule has 0 fully saturated rings. The molecule has 1 heterocycles. The smallest absolute Gasteiger partial charge is 0.339 e. The molecule has 1 aromatic carbocycles. The second-order valence-electron chi connectivity index (χ2n) is 3.59. The van der Waals surface area contributed by atoms with Gasteiger partial charge in [-0.1, -0.05) is 0 Å². The van der Waals surface area contributed by atoms with Gasteiger partial charge in [-0.2, -0.15) is 0 Å². The third-order valence-electron chi connectivity index (χ3n) is 2.21. The lowest BCUT2D eigenvalue weighted by atomic mass is 10.2. The fourth-order valence-corrected chi connectivity index (χ4v) is 1.39. The number of aromatic nitrogens is 4. The van der Waals surface area contributed by atoms with Gasteiger partial charge in [0.1, 0.15) is 24.2 Å². The molecule has 9 nitrogen and oxygen atoms in total. The van der Waals surface area contributed by atoms with Crippen molar-refractivity contribution < 1.29 is 19.8 Å². The second-order valence-corrected chi connectivity index (χ2v) is 3.59. The molecule has 9 heteroatoms. The Bertz CT molecular complexity index is 610. The first-order valence-corrected chi connectivity index (χ1v) is 5.13. The van der Waals surface area contributed by atoms with Crippen molar-refractivity contribution in [2.75, 3.05) is 5.32 Å². The lowest BCUT2D eigenvalue weighted by Crippen LogP contribution is -2.19. The average Bonchev–Trinajstić information content (AvgIpc) is 2.84. The van der Waals surface area contributed by atoms with Crippen LogP contribution in [0.4, 0.5) is 5.69 Å². The van der Waals surface area contributed by atoms with E-state index in [2.05, 4.69) is 20.8 Å². The molecular formula is C10H9N5O4. The summed E-state index contributed by atoms with van der Waals surface area (Å²) < 4.78 is 1.22. The zero-order chi connectivity index (χ0) is 13.8. The van der Waals surface area contributed by atoms with Crippen LogP contribution in [0, 0.1) is 0 Å². The molecule has 1 amide bonds. The van der Waals surface area contributed by atoms with Gasteiger partial charge in [0.05, 0.1) is 0 Å². The Labute approximate surface area is 106 Å². The van der Waals surface area contributed by atoms with E-state index in [1.54, 1.807) is 0 Å². The van der Waals surface area contributed by atoms with Crippen LogP contribution in [0.15, 0.2) is 24.5 Å². The molecule has 0 aliphatic carbocycles. The topological polar surface area (TPSA) is 130 Å². The Morgan fingerprint density at radius 3 is 2.79 bits per heavy atom. The SMILES string of the molecule is O=C(Cn1cnnn1)Nc1ccc(O)c(C(=O)O)c1. The number of carbonyl (C=O) groups excluding carboxylic acids is 1. The van der Waals surface area contributed by atoms with E-state index in [9.17, 15) is 14.7 Å². The molecule has 2 rings (SSSR count). The number of carbonyl (C=O) groups is 2. The van der Waals surface area contributed by atoms with E-state index in [-0.39, 0.29) is 23.5 Å². The fraction of sp³-hybridized carbons (Fsp3) is 0.100. The molecule has 0 spiro atoms. The number of tetrazole rings is 1. The molecule has 19 heavy (non-hydrogen) atoms. The van der Waals surface area contributed by atoms with Gasteiger partial charge in [-0.25, -0.2) is 9.48 Å². The van der Waals surface area contributed by atoms with Crippen LogP contribution < -0.4 is 5.32 Å². The number of hydrogen-bond acceptors (Lipinski definition) is 6. The maximum Gasteiger partial charge on any atom is 0.339 e. The lowest BCUT2D eigenvalue weighted by molar-refractivity contribution is -0.116. The van der Waals surface area contributed by atoms with E-state index in [0.29, 0.717) is 0 Å². The number of aromatic carboxylic acids is 1. The van der Waals surface area contributed by atoms with Crippen LogP contribution in [-0.4, -0.2) is 42.3 Å². The van der Waals surface area contributed by atoms with Gasteiger partial charge in [0.15, 0.2) is 0 Å². The number of amides is 1. The molecule has 3 N–H and O–H groups in total. The van der Waals surface area contributed by atoms with E-state index in [4.69, 9.17) is 5.11 Å². The zero-order valence-corrected chi connectivity index (χ0v) is 9.52. The van der Waals surface area contributed by atoms with Gasteiger partial charge in [-0.3, -0.25) is 4.79 Å². The van der Waals surface area contributed by atoms with Crippen molar-refractivity contribution in [2.24, 2.45) is 0 Å². The summed E-state index contributed by atoms with van der Waals surface area (Å²) >= 11 is 0. The van der Waals surface area contributed by atoms with Crippen molar-refractivity contribution >= 4 is 17.6 Å². The minimum atomic E-state index is -1.28. The average molecular weight is 263 g/mol. The van der Waals surface area contributed by atoms with Gasteiger partial charge >= 0.3 is 5.97 Å². The molecular weight excluding hydrogens is 254 g/mol. The van der Waals surface area contributed by atoms with Gasteiger partial charge in [-0.05, 0) is 28.6 Å². The van der Waals surface area contributed by atoms with Crippen LogP contribution in [0.2, 0.25) is 0 Å². The molecule has 0 saturated heterocycles. The van der Waals surface area contributed by atoms with Gasteiger partial charge in [0.2, 0.25) is 5.91 Å². The van der Waals surface area contributed by atoms with Crippen molar-refractivity contribution in [1.82, 2.24) is 20.2 Å². The van der Waals surface area contributed by atoms with E-state index in [0.717, 1.165) is 6.07 Å². The van der Waals surface area contributed by atoms with Gasteiger partial charge in [0, 0.05) is 5.69 Å². The standard InChI is InChI=1S/C10H9N5O4/c16-8-2-1-6(3-7(8)10(18)19)12-9(17)4-15-5-11-13-14-15/h1-3,5,16H,4H2,(H,12,17)(H,18,19). The van der Waals surface area contributed by atoms with Gasteiger partial charge in [0.25, 0.3) is 0 Å². The molecule has 0 atom stereocenters. The van der Waals surface area contributed by atoms with Gasteiger partial charge < -0.3 is 15.5 Å². The Balaban J connectivity index is 2.09. The first kappa shape index (κ1) is 12.5. The largest absolute Gasteiger partial charge is 0.507 e. The van der Waals surface area contributed by atoms with Crippen LogP contribution in [0.1, 0.15) is 10.4 Å². The van der Waals surface area contributed by atoms with Crippen molar-refractivity contribution in [2.45, 2.75) is 6.54 Å². The number of aromatic hydroxyl groups is 1. The summed E-state index contributed by atoms with van der Waals surface area (Å²) in [5, 5.41) is 30.9. The number of phenols is 1. The normalized spacial score (nSPS) is 10.1. The summed E-state index contributed by atoms with van der Waals surface area (Å²) in [5.74, 6) is -2.07. The third-order valence-corrected chi connectivity index (χ3v) is 2.21. The molecule has 2 aromatic rings. The molecule has 0 bridgehead atoms. The van der Waals surface area contributed by atoms with Crippen molar-refractivity contribution in [1.29, 1.82) is 0 Å². The number of carboxylic acid groups (broad SMARTS) is 1. The summed E-state index contributed by atoms with van der Waals surface area (Å²) in [6, 6.07) is 3.74. The van der Waals surface area contributed by atoms with Crippen LogP contribution in [-0.2, 0) is 11.3 Å². The first-order valence-electron chi connectivity index (χ1n) is 5.13. The van der Waals surface area contributed by atoms with Crippen LogP contribution in [0.3, 0.4) is 0 Å². The Hall–Kier alpha value is -2.97. The first-order chi connectivity index (χ1) is 9.06. The molecule has 98 valence electrons. The number of benzene rings is 1. The van der Waals surface area contributed by atoms with Crippen LogP contribution in [0.25, 0.3) is 0 Å². The maximum atomic E-state index is 11.6. The summed E-state index contributed by atoms with van der Waals surface area (Å²) in [6.45, 7) is -0.101. The number of nitrogens with zero attached hydrogens (tertiary/aromatic N) is 4. The molecule has 0 saturated carbocycles. The number of nitrogens with one attached hydrogen (secondary N) is 1. The molecule has 0 aliphatic rings. The summed E-state index contributed by atoms with van der Waals surface area (Å²) in [4.78, 5) is 22.4. The van der Waals surface area contributed by atoms with E-state index < -0.39 is 11.9 Å². The predicted molar refractivity (Wildman–Crippen MR) is 61.5 cm³/mol. The number of carboxylic acids is 1. The second kappa shape index (κ2) is 5.12. The van der Waals surface area contributed by atoms with E-state index >= 15 is 0 Å². The third kappa shape index (κ3) is 3.03. The Morgan fingerprint density at radius 1 is 1.37 bits per heavy atom. The Kier molecular flexibility index (Phi) is 3.37. The van der Waals surface area contributed by atoms with Crippen LogP contribution in [0.5, 0.6) is 5.75 Å². The molecule has 1 aromatic heterocycles. The minimum absolute atomic E-state index is 0.101. The highest BCUT2D eigenvalue weighted by Gasteiger charge is 2.11. The summed E-state index contributed by atoms with van der Waals surface area (Å²) in [6.07, 6.45) is 1.28. The zero-order valence-electron chi connectivity index (χ0n) is 9.52. The minimum Gasteiger partial charge on any atom is -0.507 e. The van der Waals surface area contributed by atoms with Crippen LogP contribution >= 0.6 is 0 Å². The number of hydrogen-bond donors (Lipinski definition) is 3. The van der Waals surface area contributed by atoms with E-state index in [1.807, 2.05) is 0 Å². The molecule has 0 unspecified atom stereocenters. The lowest BCUT2D eigenvalue weighted by Gasteiger charge is -2.06. The molecule has 0 radical (unpaired) electrons. The summed E-state index contributed by atoms with van der Waals surface area (Å²) in [5.41, 5.74) is -0.0338. The maximum absolute atomic E-state index is 11.6. The highest BCUT2D eigenvalue weighted by atomic mass is 16.4. The predicted octanol–water partition coefficient (Wildman–Crippen LogP) is -0.284. The number of anilines is 1. The van der Waals surface area contributed by atoms with Gasteiger partial charge in [-0.15, -0.1) is 5.10 Å².